The molecule has 0 aliphatic rings. The zero-order valence-corrected chi connectivity index (χ0v) is 15.9. The maximum Gasteiger partial charge on any atom is 0.311 e. The molecule has 0 N–H and O–H groups in total. The minimum absolute atomic E-state index is 0.0696. The smallest absolute Gasteiger partial charge is 0.311 e. The molecule has 27 heavy (non-hydrogen) atoms. The van der Waals surface area contributed by atoms with Crippen LogP contribution in [-0.4, -0.2) is 34.7 Å². The fourth-order valence-electron chi connectivity index (χ4n) is 2.36. The third kappa shape index (κ3) is 5.45. The van der Waals surface area contributed by atoms with E-state index < -0.39 is 14.8 Å². The molecule has 0 saturated heterocycles. The molecule has 0 amide bonds. The average molecular weight is 393 g/mol. The van der Waals surface area contributed by atoms with Crippen molar-refractivity contribution in [2.45, 2.75) is 5.75 Å². The number of hydrogen-bond donors (Lipinski definition) is 0. The van der Waals surface area contributed by atoms with E-state index in [9.17, 15) is 18.5 Å². The zero-order chi connectivity index (χ0) is 20.0. The molecular formula is C18H19NO7S. The first-order valence-electron chi connectivity index (χ1n) is 7.73. The van der Waals surface area contributed by atoms with Crippen LogP contribution in [0.5, 0.6) is 17.2 Å². The first-order chi connectivity index (χ1) is 12.8. The number of nitrogens with zero attached hydrogens (tertiary/aromatic N) is 1. The van der Waals surface area contributed by atoms with Gasteiger partial charge in [0.2, 0.25) is 0 Å². The lowest BCUT2D eigenvalue weighted by molar-refractivity contribution is -0.385. The lowest BCUT2D eigenvalue weighted by Gasteiger charge is -2.06. The van der Waals surface area contributed by atoms with Gasteiger partial charge in [-0.15, -0.1) is 0 Å². The van der Waals surface area contributed by atoms with Crippen LogP contribution in [0.3, 0.4) is 0 Å². The summed E-state index contributed by atoms with van der Waals surface area (Å²) < 4.78 is 39.9. The second-order valence-electron chi connectivity index (χ2n) is 5.52. The Hall–Kier alpha value is -3.07. The van der Waals surface area contributed by atoms with Crippen LogP contribution in [-0.2, 0) is 15.6 Å². The van der Waals surface area contributed by atoms with Gasteiger partial charge in [-0.1, -0.05) is 6.07 Å². The lowest BCUT2D eigenvalue weighted by atomic mass is 10.2. The highest BCUT2D eigenvalue weighted by molar-refractivity contribution is 7.93. The van der Waals surface area contributed by atoms with Gasteiger partial charge in [0.25, 0.3) is 0 Å². The molecule has 0 unspecified atom stereocenters. The summed E-state index contributed by atoms with van der Waals surface area (Å²) >= 11 is 0. The van der Waals surface area contributed by atoms with Crippen molar-refractivity contribution < 1.29 is 27.6 Å². The SMILES string of the molecule is COc1cc(/C=C/S(=O)(=O)Cc2ccc(OC)c([N+](=O)[O-])c2)cc(OC)c1. The van der Waals surface area contributed by atoms with Crippen LogP contribution < -0.4 is 14.2 Å². The van der Waals surface area contributed by atoms with Gasteiger partial charge >= 0.3 is 5.69 Å². The number of rotatable bonds is 8. The fourth-order valence-corrected chi connectivity index (χ4v) is 3.46. The van der Waals surface area contributed by atoms with E-state index in [4.69, 9.17) is 14.2 Å². The summed E-state index contributed by atoms with van der Waals surface area (Å²) in [6.45, 7) is 0. The van der Waals surface area contributed by atoms with Crippen molar-refractivity contribution in [3.8, 4) is 17.2 Å². The second kappa shape index (κ2) is 8.54. The maximum absolute atomic E-state index is 12.4. The highest BCUT2D eigenvalue weighted by Gasteiger charge is 2.17. The number of benzene rings is 2. The summed E-state index contributed by atoms with van der Waals surface area (Å²) in [4.78, 5) is 10.5. The molecule has 2 aromatic carbocycles. The van der Waals surface area contributed by atoms with Gasteiger partial charge in [-0.3, -0.25) is 10.1 Å². The molecule has 0 aliphatic carbocycles. The molecule has 9 heteroatoms. The number of hydrogen-bond acceptors (Lipinski definition) is 7. The van der Waals surface area contributed by atoms with Crippen LogP contribution in [0.15, 0.2) is 41.8 Å². The van der Waals surface area contributed by atoms with E-state index in [1.165, 1.54) is 45.6 Å². The van der Waals surface area contributed by atoms with Gasteiger partial charge < -0.3 is 14.2 Å². The van der Waals surface area contributed by atoms with Gasteiger partial charge in [0.05, 0.1) is 32.0 Å². The largest absolute Gasteiger partial charge is 0.497 e. The van der Waals surface area contributed by atoms with E-state index in [-0.39, 0.29) is 22.8 Å². The summed E-state index contributed by atoms with van der Waals surface area (Å²) in [5, 5.41) is 12.1. The summed E-state index contributed by atoms with van der Waals surface area (Å²) in [6.07, 6.45) is 1.41. The van der Waals surface area contributed by atoms with E-state index in [1.54, 1.807) is 18.2 Å². The van der Waals surface area contributed by atoms with Crippen LogP contribution in [0.4, 0.5) is 5.69 Å². The van der Waals surface area contributed by atoms with E-state index in [0.29, 0.717) is 17.1 Å². The van der Waals surface area contributed by atoms with Crippen molar-refractivity contribution in [3.05, 3.63) is 63.0 Å². The third-order valence-electron chi connectivity index (χ3n) is 3.65. The van der Waals surface area contributed by atoms with Crippen molar-refractivity contribution in [1.29, 1.82) is 0 Å². The molecule has 0 bridgehead atoms. The zero-order valence-electron chi connectivity index (χ0n) is 15.0. The Morgan fingerprint density at radius 1 is 1.00 bits per heavy atom. The van der Waals surface area contributed by atoms with Crippen molar-refractivity contribution in [2.24, 2.45) is 0 Å². The Labute approximate surface area is 157 Å². The fraction of sp³-hybridized carbons (Fsp3) is 0.222. The van der Waals surface area contributed by atoms with Crippen molar-refractivity contribution in [1.82, 2.24) is 0 Å². The Balaban J connectivity index is 2.26. The number of sulfone groups is 1. The van der Waals surface area contributed by atoms with E-state index in [2.05, 4.69) is 0 Å². The van der Waals surface area contributed by atoms with E-state index in [0.717, 1.165) is 5.41 Å². The molecule has 2 rings (SSSR count). The van der Waals surface area contributed by atoms with Crippen molar-refractivity contribution in [3.63, 3.8) is 0 Å². The molecule has 0 saturated carbocycles. The average Bonchev–Trinajstić information content (AvgIpc) is 2.65. The quantitative estimate of drug-likeness (QED) is 0.501. The number of nitro benzene ring substituents is 1. The summed E-state index contributed by atoms with van der Waals surface area (Å²) in [7, 11) is 0.641. The topological polar surface area (TPSA) is 105 Å². The van der Waals surface area contributed by atoms with E-state index in [1.807, 2.05) is 0 Å². The lowest BCUT2D eigenvalue weighted by Crippen LogP contribution is -2.02. The molecule has 0 spiro atoms. The predicted octanol–water partition coefficient (Wildman–Crippen LogP) is 3.21. The minimum atomic E-state index is -3.66. The molecule has 0 heterocycles. The van der Waals surface area contributed by atoms with Gasteiger partial charge in [-0.2, -0.15) is 0 Å². The van der Waals surface area contributed by atoms with Crippen LogP contribution >= 0.6 is 0 Å². The molecule has 0 atom stereocenters. The van der Waals surface area contributed by atoms with Gasteiger partial charge in [0.1, 0.15) is 11.5 Å². The van der Waals surface area contributed by atoms with Crippen molar-refractivity contribution >= 4 is 21.6 Å². The van der Waals surface area contributed by atoms with Gasteiger partial charge in [0.15, 0.2) is 15.6 Å². The van der Waals surface area contributed by atoms with Crippen molar-refractivity contribution in [2.75, 3.05) is 21.3 Å². The molecular weight excluding hydrogens is 374 g/mol. The van der Waals surface area contributed by atoms with Gasteiger partial charge in [-0.25, -0.2) is 8.42 Å². The maximum atomic E-state index is 12.4. The second-order valence-corrected chi connectivity index (χ2v) is 7.41. The summed E-state index contributed by atoms with van der Waals surface area (Å²) in [5.41, 5.74) is 0.581. The minimum Gasteiger partial charge on any atom is -0.497 e. The highest BCUT2D eigenvalue weighted by Crippen LogP contribution is 2.28. The standard InChI is InChI=1S/C18H19NO7S/c1-24-15-8-13(9-16(11-15)25-2)6-7-27(22,23)12-14-4-5-18(26-3)17(10-14)19(20)21/h4-11H,12H2,1-3H3/b7-6+. The van der Waals surface area contributed by atoms with E-state index >= 15 is 0 Å². The number of ether oxygens (including phenoxy) is 3. The molecule has 0 radical (unpaired) electrons. The van der Waals surface area contributed by atoms with Crippen LogP contribution in [0, 0.1) is 10.1 Å². The molecule has 144 valence electrons. The third-order valence-corrected chi connectivity index (χ3v) is 4.94. The van der Waals surface area contributed by atoms with Gasteiger partial charge in [0, 0.05) is 17.5 Å². The number of methoxy groups -OCH3 is 3. The molecule has 0 aromatic heterocycles. The Bertz CT molecular complexity index is 945. The summed E-state index contributed by atoms with van der Waals surface area (Å²) in [5.74, 6) is 0.740. The molecule has 8 nitrogen and oxygen atoms in total. The first-order valence-corrected chi connectivity index (χ1v) is 9.44. The Kier molecular flexibility index (Phi) is 6.40. The summed E-state index contributed by atoms with van der Waals surface area (Å²) in [6, 6.07) is 9.03. The number of nitro groups is 1. The predicted molar refractivity (Wildman–Crippen MR) is 101 cm³/mol. The molecule has 2 aromatic rings. The van der Waals surface area contributed by atoms with Crippen LogP contribution in [0.2, 0.25) is 0 Å². The monoisotopic (exact) mass is 393 g/mol. The van der Waals surface area contributed by atoms with Gasteiger partial charge in [-0.05, 0) is 35.4 Å². The Morgan fingerprint density at radius 2 is 1.63 bits per heavy atom. The molecule has 0 fully saturated rings. The van der Waals surface area contributed by atoms with Crippen LogP contribution in [0.25, 0.3) is 6.08 Å². The normalized spacial score (nSPS) is 11.4. The first kappa shape index (κ1) is 20.2. The van der Waals surface area contributed by atoms with Crippen LogP contribution in [0.1, 0.15) is 11.1 Å². The molecule has 0 aliphatic heterocycles. The highest BCUT2D eigenvalue weighted by atomic mass is 32.2. The Morgan fingerprint density at radius 3 is 2.15 bits per heavy atom.